The Hall–Kier alpha value is -1.75. The van der Waals surface area contributed by atoms with Gasteiger partial charge >= 0.3 is 5.97 Å². The minimum Gasteiger partial charge on any atom is -0.490 e. The Morgan fingerprint density at radius 1 is 1.27 bits per heavy atom. The first kappa shape index (κ1) is 16.6. The topological polar surface area (TPSA) is 67.8 Å². The van der Waals surface area contributed by atoms with Crippen LogP contribution >= 0.6 is 0 Å². The Bertz CT molecular complexity index is 490. The number of ether oxygens (including phenoxy) is 2. The van der Waals surface area contributed by atoms with Crippen molar-refractivity contribution >= 4 is 5.97 Å². The maximum absolute atomic E-state index is 11.2. The molecule has 1 aromatic rings. The maximum atomic E-state index is 11.2. The second-order valence-corrected chi connectivity index (χ2v) is 5.60. The molecule has 1 heterocycles. The van der Waals surface area contributed by atoms with Gasteiger partial charge < -0.3 is 19.9 Å². The SMILES string of the molecule is CCCC[C@H](NCc1ccc2c(c1)OCCCCO2)C(=O)O. The fourth-order valence-corrected chi connectivity index (χ4v) is 2.43. The molecule has 1 aromatic carbocycles. The van der Waals surface area contributed by atoms with Crippen LogP contribution in [0.5, 0.6) is 11.5 Å². The van der Waals surface area contributed by atoms with Crippen molar-refractivity contribution in [2.45, 2.75) is 51.6 Å². The number of unbranched alkanes of at least 4 members (excludes halogenated alkanes) is 1. The zero-order valence-electron chi connectivity index (χ0n) is 13.1. The van der Waals surface area contributed by atoms with Crippen molar-refractivity contribution in [2.75, 3.05) is 13.2 Å². The number of benzene rings is 1. The number of carboxylic acids is 1. The third-order valence-corrected chi connectivity index (χ3v) is 3.76. The average Bonchev–Trinajstić information content (AvgIpc) is 2.48. The Morgan fingerprint density at radius 3 is 2.68 bits per heavy atom. The quantitative estimate of drug-likeness (QED) is 0.810. The highest BCUT2D eigenvalue weighted by Gasteiger charge is 2.16. The molecule has 0 fully saturated rings. The monoisotopic (exact) mass is 307 g/mol. The molecule has 2 N–H and O–H groups in total. The maximum Gasteiger partial charge on any atom is 0.320 e. The third-order valence-electron chi connectivity index (χ3n) is 3.76. The number of fused-ring (bicyclic) bond motifs is 1. The molecule has 0 aromatic heterocycles. The highest BCUT2D eigenvalue weighted by Crippen LogP contribution is 2.30. The van der Waals surface area contributed by atoms with E-state index in [1.165, 1.54) is 0 Å². The van der Waals surface area contributed by atoms with Gasteiger partial charge in [0.25, 0.3) is 0 Å². The second kappa shape index (κ2) is 8.63. The lowest BCUT2D eigenvalue weighted by atomic mass is 10.1. The van der Waals surface area contributed by atoms with Gasteiger partial charge in [0, 0.05) is 6.54 Å². The predicted molar refractivity (Wildman–Crippen MR) is 84.5 cm³/mol. The van der Waals surface area contributed by atoms with Gasteiger partial charge in [0.15, 0.2) is 11.5 Å². The Labute approximate surface area is 131 Å². The molecule has 1 aliphatic heterocycles. The summed E-state index contributed by atoms with van der Waals surface area (Å²) in [5, 5.41) is 12.3. The highest BCUT2D eigenvalue weighted by atomic mass is 16.5. The van der Waals surface area contributed by atoms with Crippen LogP contribution in [0.4, 0.5) is 0 Å². The molecule has 0 amide bonds. The average molecular weight is 307 g/mol. The summed E-state index contributed by atoms with van der Waals surface area (Å²) in [6, 6.07) is 5.29. The molecule has 1 atom stereocenters. The molecule has 5 nitrogen and oxygen atoms in total. The molecule has 1 aliphatic rings. The zero-order chi connectivity index (χ0) is 15.8. The molecular weight excluding hydrogens is 282 g/mol. The molecule has 2 rings (SSSR count). The first-order valence-electron chi connectivity index (χ1n) is 8.05. The molecule has 0 bridgehead atoms. The second-order valence-electron chi connectivity index (χ2n) is 5.60. The molecule has 22 heavy (non-hydrogen) atoms. The van der Waals surface area contributed by atoms with Crippen molar-refractivity contribution in [1.29, 1.82) is 0 Å². The van der Waals surface area contributed by atoms with E-state index < -0.39 is 12.0 Å². The van der Waals surface area contributed by atoms with Gasteiger partial charge in [-0.15, -0.1) is 0 Å². The fourth-order valence-electron chi connectivity index (χ4n) is 2.43. The lowest BCUT2D eigenvalue weighted by molar-refractivity contribution is -0.139. The van der Waals surface area contributed by atoms with Gasteiger partial charge in [-0.1, -0.05) is 25.8 Å². The fraction of sp³-hybridized carbons (Fsp3) is 0.588. The molecular formula is C17H25NO4. The van der Waals surface area contributed by atoms with Gasteiger partial charge in [-0.3, -0.25) is 4.79 Å². The van der Waals surface area contributed by atoms with Crippen LogP contribution in [0.25, 0.3) is 0 Å². The van der Waals surface area contributed by atoms with Crippen LogP contribution in [-0.4, -0.2) is 30.3 Å². The molecule has 0 spiro atoms. The van der Waals surface area contributed by atoms with Crippen molar-refractivity contribution in [3.8, 4) is 11.5 Å². The molecule has 0 saturated carbocycles. The van der Waals surface area contributed by atoms with Crippen molar-refractivity contribution < 1.29 is 19.4 Å². The van der Waals surface area contributed by atoms with Gasteiger partial charge in [0.05, 0.1) is 13.2 Å². The van der Waals surface area contributed by atoms with Crippen molar-refractivity contribution in [2.24, 2.45) is 0 Å². The lowest BCUT2D eigenvalue weighted by Crippen LogP contribution is -2.36. The molecule has 0 radical (unpaired) electrons. The largest absolute Gasteiger partial charge is 0.490 e. The number of aliphatic carboxylic acids is 1. The van der Waals surface area contributed by atoms with Gasteiger partial charge in [-0.25, -0.2) is 0 Å². The summed E-state index contributed by atoms with van der Waals surface area (Å²) >= 11 is 0. The number of hydrogen-bond acceptors (Lipinski definition) is 4. The number of nitrogens with one attached hydrogen (secondary N) is 1. The summed E-state index contributed by atoms with van der Waals surface area (Å²) in [4.78, 5) is 11.2. The minimum absolute atomic E-state index is 0.501. The number of carbonyl (C=O) groups is 1. The van der Waals surface area contributed by atoms with Crippen molar-refractivity contribution in [1.82, 2.24) is 5.32 Å². The van der Waals surface area contributed by atoms with Crippen molar-refractivity contribution in [3.05, 3.63) is 23.8 Å². The van der Waals surface area contributed by atoms with Crippen LogP contribution in [0.2, 0.25) is 0 Å². The van der Waals surface area contributed by atoms with E-state index in [2.05, 4.69) is 12.2 Å². The smallest absolute Gasteiger partial charge is 0.320 e. The summed E-state index contributed by atoms with van der Waals surface area (Å²) in [5.74, 6) is 0.725. The summed E-state index contributed by atoms with van der Waals surface area (Å²) in [6.45, 7) is 3.98. The van der Waals surface area contributed by atoms with Crippen LogP contribution in [0, 0.1) is 0 Å². The molecule has 0 aliphatic carbocycles. The van der Waals surface area contributed by atoms with Crippen molar-refractivity contribution in [3.63, 3.8) is 0 Å². The van der Waals surface area contributed by atoms with E-state index in [0.717, 1.165) is 42.7 Å². The van der Waals surface area contributed by atoms with Crippen LogP contribution < -0.4 is 14.8 Å². The summed E-state index contributed by atoms with van der Waals surface area (Å²) in [7, 11) is 0. The molecule has 0 saturated heterocycles. The Morgan fingerprint density at radius 2 is 2.00 bits per heavy atom. The molecule has 122 valence electrons. The summed E-state index contributed by atoms with van der Waals surface area (Å²) in [6.07, 6.45) is 4.54. The molecule has 5 heteroatoms. The zero-order valence-corrected chi connectivity index (χ0v) is 13.1. The van der Waals surface area contributed by atoms with E-state index in [-0.39, 0.29) is 0 Å². The molecule has 0 unspecified atom stereocenters. The first-order valence-corrected chi connectivity index (χ1v) is 8.05. The Balaban J connectivity index is 1.97. The van der Waals surface area contributed by atoms with Crippen LogP contribution in [0.3, 0.4) is 0 Å². The summed E-state index contributed by atoms with van der Waals surface area (Å²) < 4.78 is 11.4. The number of hydrogen-bond donors (Lipinski definition) is 2. The van der Waals surface area contributed by atoms with Gasteiger partial charge in [0.1, 0.15) is 6.04 Å². The lowest BCUT2D eigenvalue weighted by Gasteiger charge is -2.18. The Kier molecular flexibility index (Phi) is 6.52. The van der Waals surface area contributed by atoms with Crippen LogP contribution in [-0.2, 0) is 11.3 Å². The van der Waals surface area contributed by atoms with E-state index in [0.29, 0.717) is 26.2 Å². The first-order chi connectivity index (χ1) is 10.7. The third kappa shape index (κ3) is 4.91. The van der Waals surface area contributed by atoms with Gasteiger partial charge in [0.2, 0.25) is 0 Å². The standard InChI is InChI=1S/C17H25NO4/c1-2-3-6-14(17(19)20)18-12-13-7-8-15-16(11-13)22-10-5-4-9-21-15/h7-8,11,14,18H,2-6,9-10,12H2,1H3,(H,19,20)/t14-/m0/s1. The van der Waals surface area contributed by atoms with Crippen LogP contribution in [0.1, 0.15) is 44.6 Å². The van der Waals surface area contributed by atoms with E-state index >= 15 is 0 Å². The normalized spacial score (nSPS) is 15.7. The van der Waals surface area contributed by atoms with E-state index in [4.69, 9.17) is 9.47 Å². The number of rotatable bonds is 7. The van der Waals surface area contributed by atoms with E-state index in [9.17, 15) is 9.90 Å². The van der Waals surface area contributed by atoms with Gasteiger partial charge in [-0.05, 0) is 37.0 Å². The minimum atomic E-state index is -0.792. The van der Waals surface area contributed by atoms with E-state index in [1.54, 1.807) is 0 Å². The van der Waals surface area contributed by atoms with Crippen LogP contribution in [0.15, 0.2) is 18.2 Å². The number of carboxylic acid groups (broad SMARTS) is 1. The van der Waals surface area contributed by atoms with E-state index in [1.807, 2.05) is 18.2 Å². The predicted octanol–water partition coefficient (Wildman–Crippen LogP) is 2.97. The van der Waals surface area contributed by atoms with Gasteiger partial charge in [-0.2, -0.15) is 0 Å². The summed E-state index contributed by atoms with van der Waals surface area (Å²) in [5.41, 5.74) is 1.01. The highest BCUT2D eigenvalue weighted by molar-refractivity contribution is 5.73.